The molecule has 2 heterocycles. The molecule has 1 aliphatic rings. The maximum Gasteiger partial charge on any atom is 0.442 e. The predicted octanol–water partition coefficient (Wildman–Crippen LogP) is -1.54. The highest BCUT2D eigenvalue weighted by molar-refractivity contribution is 6.63. The molecule has 0 saturated carbocycles. The normalized spacial score (nSPS) is 17.7. The number of carbonyl (C=O) groups excluding carboxylic acids is 5. The molecule has 0 aliphatic carbocycles. The predicted molar refractivity (Wildman–Crippen MR) is 117 cm³/mol. The van der Waals surface area contributed by atoms with Gasteiger partial charge in [-0.05, 0) is 29.5 Å². The van der Waals surface area contributed by atoms with E-state index >= 15 is 0 Å². The van der Waals surface area contributed by atoms with Crippen LogP contribution in [-0.2, 0) is 30.5 Å². The number of ether oxygens (including phenoxy) is 1. The van der Waals surface area contributed by atoms with Crippen molar-refractivity contribution in [3.8, 4) is 0 Å². The molecule has 1 aromatic heterocycles. The number of Topliss-reactive ketones (excluding diaryl/α,β-unsaturated/α-hetero) is 1. The summed E-state index contributed by atoms with van der Waals surface area (Å²) in [5.74, 6) is -6.78. The van der Waals surface area contributed by atoms with Crippen LogP contribution in [0, 0.1) is 22.0 Å². The number of tetrazole rings is 1. The molecule has 2 N–H and O–H groups in total. The van der Waals surface area contributed by atoms with E-state index in [4.69, 9.17) is 0 Å². The van der Waals surface area contributed by atoms with Crippen molar-refractivity contribution in [2.24, 2.45) is 11.8 Å². The molecular weight excluding hydrogens is 494 g/mol. The zero-order chi connectivity index (χ0) is 27.3. The molecule has 2 aromatic rings. The number of hydrogen-bond acceptors (Lipinski definition) is 11. The van der Waals surface area contributed by atoms with Crippen LogP contribution >= 0.6 is 0 Å². The van der Waals surface area contributed by atoms with Crippen LogP contribution in [0.2, 0.25) is 0 Å². The molecule has 0 spiro atoms. The van der Waals surface area contributed by atoms with Crippen LogP contribution in [0.25, 0.3) is 5.53 Å². The van der Waals surface area contributed by atoms with Crippen LogP contribution < -0.4 is 10.6 Å². The first kappa shape index (κ1) is 26.4. The number of carbonyl (C=O) groups is 5. The van der Waals surface area contributed by atoms with E-state index in [1.165, 1.54) is 17.9 Å². The SMILES string of the molecule is C[C@@H](NC(=O)Cn1cnnn1)[C@H]1C(=O)N[C@@H]1[C@@H](C)C(=O)C(=[N+]=[N-])C(=O)OC(=O)c1ccc([N+](=O)[O-])cc1. The summed E-state index contributed by atoms with van der Waals surface area (Å²) < 4.78 is 5.74. The van der Waals surface area contributed by atoms with Crippen LogP contribution in [-0.4, -0.2) is 77.3 Å². The molecule has 4 atom stereocenters. The lowest BCUT2D eigenvalue weighted by molar-refractivity contribution is -0.384. The Morgan fingerprint density at radius 2 is 1.95 bits per heavy atom. The number of aromatic nitrogens is 4. The van der Waals surface area contributed by atoms with Gasteiger partial charge in [0.1, 0.15) is 12.9 Å². The van der Waals surface area contributed by atoms with Crippen LogP contribution in [0.3, 0.4) is 0 Å². The Morgan fingerprint density at radius 3 is 2.49 bits per heavy atom. The topological polar surface area (TPSA) is 242 Å². The fraction of sp³-hybridized carbons (Fsp3) is 0.350. The summed E-state index contributed by atoms with van der Waals surface area (Å²) in [4.78, 5) is 74.4. The van der Waals surface area contributed by atoms with Gasteiger partial charge >= 0.3 is 17.7 Å². The van der Waals surface area contributed by atoms with E-state index in [9.17, 15) is 39.6 Å². The molecule has 192 valence electrons. The van der Waals surface area contributed by atoms with E-state index in [0.717, 1.165) is 24.3 Å². The van der Waals surface area contributed by atoms with Crippen molar-refractivity contribution in [1.29, 1.82) is 0 Å². The van der Waals surface area contributed by atoms with Crippen molar-refractivity contribution >= 4 is 40.9 Å². The fourth-order valence-electron chi connectivity index (χ4n) is 3.66. The number of amides is 2. The number of benzene rings is 1. The quantitative estimate of drug-likeness (QED) is 0.0539. The van der Waals surface area contributed by atoms with Crippen LogP contribution in [0.5, 0.6) is 0 Å². The number of nitro groups is 1. The second-order valence-electron chi connectivity index (χ2n) is 8.01. The second-order valence-corrected chi connectivity index (χ2v) is 8.01. The highest BCUT2D eigenvalue weighted by Gasteiger charge is 2.51. The Bertz CT molecular complexity index is 1300. The van der Waals surface area contributed by atoms with Gasteiger partial charge in [0.15, 0.2) is 0 Å². The van der Waals surface area contributed by atoms with Gasteiger partial charge in [-0.3, -0.25) is 24.5 Å². The van der Waals surface area contributed by atoms with Gasteiger partial charge in [0.05, 0.1) is 22.4 Å². The molecular formula is C20H19N9O8. The summed E-state index contributed by atoms with van der Waals surface area (Å²) in [5.41, 5.74) is 7.62. The van der Waals surface area contributed by atoms with E-state index in [2.05, 4.69) is 35.7 Å². The summed E-state index contributed by atoms with van der Waals surface area (Å²) in [6.07, 6.45) is 1.23. The van der Waals surface area contributed by atoms with Gasteiger partial charge in [0.25, 0.3) is 11.5 Å². The lowest BCUT2D eigenvalue weighted by Gasteiger charge is -2.42. The van der Waals surface area contributed by atoms with Crippen molar-refractivity contribution in [3.63, 3.8) is 0 Å². The minimum atomic E-state index is -1.56. The lowest BCUT2D eigenvalue weighted by atomic mass is 9.75. The van der Waals surface area contributed by atoms with Crippen LogP contribution in [0.4, 0.5) is 5.69 Å². The smallest absolute Gasteiger partial charge is 0.380 e. The van der Waals surface area contributed by atoms with Crippen molar-refractivity contribution < 1.29 is 38.4 Å². The van der Waals surface area contributed by atoms with Gasteiger partial charge in [-0.25, -0.2) is 14.3 Å². The van der Waals surface area contributed by atoms with Gasteiger partial charge in [0.2, 0.25) is 11.8 Å². The van der Waals surface area contributed by atoms with E-state index in [1.54, 1.807) is 6.92 Å². The summed E-state index contributed by atoms with van der Waals surface area (Å²) in [7, 11) is 0. The number of nitrogens with zero attached hydrogens (tertiary/aromatic N) is 7. The molecule has 37 heavy (non-hydrogen) atoms. The first-order chi connectivity index (χ1) is 17.5. The zero-order valence-electron chi connectivity index (χ0n) is 19.3. The number of esters is 2. The summed E-state index contributed by atoms with van der Waals surface area (Å²) in [5, 5.41) is 26.2. The maximum absolute atomic E-state index is 12.9. The maximum atomic E-state index is 12.9. The molecule has 0 radical (unpaired) electrons. The largest absolute Gasteiger partial charge is 0.442 e. The highest BCUT2D eigenvalue weighted by atomic mass is 16.6. The van der Waals surface area contributed by atoms with Crippen molar-refractivity contribution in [2.75, 3.05) is 0 Å². The summed E-state index contributed by atoms with van der Waals surface area (Å²) >= 11 is 0. The number of ketones is 1. The van der Waals surface area contributed by atoms with Crippen molar-refractivity contribution in [2.45, 2.75) is 32.5 Å². The van der Waals surface area contributed by atoms with Crippen LogP contribution in [0.15, 0.2) is 30.6 Å². The Labute approximate surface area is 206 Å². The number of hydrogen-bond donors (Lipinski definition) is 2. The van der Waals surface area contributed by atoms with E-state index in [1.807, 2.05) is 0 Å². The molecule has 1 saturated heterocycles. The van der Waals surface area contributed by atoms with Crippen molar-refractivity contribution in [3.05, 3.63) is 51.8 Å². The average Bonchev–Trinajstić information content (AvgIpc) is 3.34. The van der Waals surface area contributed by atoms with Gasteiger partial charge in [0, 0.05) is 24.1 Å². The van der Waals surface area contributed by atoms with Crippen molar-refractivity contribution in [1.82, 2.24) is 30.8 Å². The second kappa shape index (κ2) is 11.0. The monoisotopic (exact) mass is 513 g/mol. The first-order valence-corrected chi connectivity index (χ1v) is 10.6. The molecule has 0 unspecified atom stereocenters. The molecule has 0 bridgehead atoms. The number of rotatable bonds is 10. The van der Waals surface area contributed by atoms with Gasteiger partial charge in [-0.2, -0.15) is 4.79 Å². The van der Waals surface area contributed by atoms with E-state index in [0.29, 0.717) is 0 Å². The Kier molecular flexibility index (Phi) is 7.89. The fourth-order valence-corrected chi connectivity index (χ4v) is 3.66. The average molecular weight is 513 g/mol. The molecule has 1 fully saturated rings. The summed E-state index contributed by atoms with van der Waals surface area (Å²) in [6, 6.07) is 2.52. The van der Waals surface area contributed by atoms with Gasteiger partial charge in [-0.1, -0.05) is 6.92 Å². The molecule has 1 aromatic carbocycles. The molecule has 17 nitrogen and oxygen atoms in total. The first-order valence-electron chi connectivity index (χ1n) is 10.6. The standard InChI is InChI=1S/C20H19N9O8/c1-9(15-14(18(32)24-15)10(2)23-13(30)7-28-8-22-26-27-28)17(31)16(25-21)20(34)37-19(33)11-3-5-12(6-4-11)29(35)36/h3-6,8-10,14-15H,7H2,1-2H3,(H,23,30)(H,24,32)/t9-,10-,14-,15-/m1/s1. The Morgan fingerprint density at radius 1 is 1.27 bits per heavy atom. The Hall–Kier alpha value is -5.18. The molecule has 3 rings (SSSR count). The zero-order valence-corrected chi connectivity index (χ0v) is 19.3. The number of nitro benzene ring substituents is 1. The van der Waals surface area contributed by atoms with E-state index < -0.39 is 64.1 Å². The third-order valence-corrected chi connectivity index (χ3v) is 5.60. The molecule has 1 aliphatic heterocycles. The van der Waals surface area contributed by atoms with Gasteiger partial charge < -0.3 is 20.9 Å². The number of nitrogens with one attached hydrogen (secondary N) is 2. The third-order valence-electron chi connectivity index (χ3n) is 5.60. The van der Waals surface area contributed by atoms with Gasteiger partial charge in [-0.15, -0.1) is 5.10 Å². The highest BCUT2D eigenvalue weighted by Crippen LogP contribution is 2.26. The summed E-state index contributed by atoms with van der Waals surface area (Å²) in [6.45, 7) is 2.69. The van der Waals surface area contributed by atoms with Crippen LogP contribution in [0.1, 0.15) is 24.2 Å². The van der Waals surface area contributed by atoms with E-state index in [-0.39, 0.29) is 17.8 Å². The molecule has 17 heteroatoms. The molecule has 2 amide bonds. The number of non-ortho nitro benzene ring substituents is 1. The number of β-lactam (4-membered cyclic amide) rings is 1. The third kappa shape index (κ3) is 5.91. The Balaban J connectivity index is 1.62. The minimum Gasteiger partial charge on any atom is -0.380 e. The lowest BCUT2D eigenvalue weighted by Crippen LogP contribution is -2.68. The minimum absolute atomic E-state index is 0.208.